The normalized spacial score (nSPS) is 11.0. The van der Waals surface area contributed by atoms with Crippen molar-refractivity contribution >= 4 is 45.6 Å². The Labute approximate surface area is 179 Å². The van der Waals surface area contributed by atoms with Gasteiger partial charge in [0.15, 0.2) is 0 Å². The summed E-state index contributed by atoms with van der Waals surface area (Å²) in [6.07, 6.45) is 11.9. The van der Waals surface area contributed by atoms with Gasteiger partial charge in [-0.3, -0.25) is 4.55 Å². The quantitative estimate of drug-likeness (QED) is 0.229. The Kier molecular flexibility index (Phi) is 14.4. The molecule has 0 saturated carbocycles. The fourth-order valence-electron chi connectivity index (χ4n) is 2.69. The molecule has 0 heterocycles. The van der Waals surface area contributed by atoms with Gasteiger partial charge in [0.05, 0.1) is 12.2 Å². The average molecular weight is 394 g/mol. The zero-order chi connectivity index (χ0) is 18.5. The molecule has 7 heteroatoms. The molecular formula is C19H30NaO5S. The van der Waals surface area contributed by atoms with E-state index >= 15 is 0 Å². The van der Waals surface area contributed by atoms with Gasteiger partial charge in [-0.2, -0.15) is 8.42 Å². The van der Waals surface area contributed by atoms with Gasteiger partial charge >= 0.3 is 5.97 Å². The van der Waals surface area contributed by atoms with Gasteiger partial charge in [0.2, 0.25) is 0 Å². The molecule has 26 heavy (non-hydrogen) atoms. The van der Waals surface area contributed by atoms with Crippen molar-refractivity contribution in [3.63, 3.8) is 0 Å². The number of carbonyl (C=O) groups excluding carboxylic acids is 1. The smallest absolute Gasteiger partial charge is 0.339 e. The summed E-state index contributed by atoms with van der Waals surface area (Å²) in [5.74, 6) is -0.718. The van der Waals surface area contributed by atoms with Crippen molar-refractivity contribution in [3.8, 4) is 0 Å². The number of carbonyl (C=O) groups is 1. The van der Waals surface area contributed by atoms with E-state index in [0.717, 1.165) is 19.3 Å². The van der Waals surface area contributed by atoms with Crippen LogP contribution in [0.5, 0.6) is 0 Å². The molecule has 0 saturated heterocycles. The summed E-state index contributed by atoms with van der Waals surface area (Å²) < 4.78 is 36.8. The molecule has 0 unspecified atom stereocenters. The van der Waals surface area contributed by atoms with Crippen LogP contribution < -0.4 is 0 Å². The Bertz CT molecular complexity index is 616. The number of unbranched alkanes of at least 4 members (excludes halogenated alkanes) is 9. The molecule has 0 aliphatic rings. The molecule has 1 radical (unpaired) electrons. The van der Waals surface area contributed by atoms with Gasteiger partial charge in [0.1, 0.15) is 4.90 Å². The molecule has 143 valence electrons. The van der Waals surface area contributed by atoms with Crippen LogP contribution in [0, 0.1) is 0 Å². The van der Waals surface area contributed by atoms with E-state index in [1.165, 1.54) is 69.2 Å². The summed E-state index contributed by atoms with van der Waals surface area (Å²) in [6.45, 7) is 2.48. The van der Waals surface area contributed by atoms with Crippen molar-refractivity contribution in [2.75, 3.05) is 6.61 Å². The van der Waals surface area contributed by atoms with E-state index in [1.54, 1.807) is 0 Å². The van der Waals surface area contributed by atoms with Gasteiger partial charge in [-0.15, -0.1) is 0 Å². The Morgan fingerprint density at radius 3 is 1.96 bits per heavy atom. The molecule has 0 spiro atoms. The predicted molar refractivity (Wildman–Crippen MR) is 104 cm³/mol. The minimum atomic E-state index is -4.43. The molecule has 0 amide bonds. The van der Waals surface area contributed by atoms with Crippen LogP contribution in [0.1, 0.15) is 81.5 Å². The maximum Gasteiger partial charge on any atom is 0.339 e. The third-order valence-corrected chi connectivity index (χ3v) is 5.03. The van der Waals surface area contributed by atoms with Crippen molar-refractivity contribution in [1.82, 2.24) is 0 Å². The monoisotopic (exact) mass is 393 g/mol. The SMILES string of the molecule is CCCCCCCCCCCCOC(=O)c1ccccc1S(=O)(=O)O.[Na]. The van der Waals surface area contributed by atoms with Gasteiger partial charge in [0, 0.05) is 29.6 Å². The van der Waals surface area contributed by atoms with Crippen molar-refractivity contribution in [1.29, 1.82) is 0 Å². The summed E-state index contributed by atoms with van der Waals surface area (Å²) >= 11 is 0. The fourth-order valence-corrected chi connectivity index (χ4v) is 3.37. The molecule has 0 fully saturated rings. The topological polar surface area (TPSA) is 80.7 Å². The molecular weight excluding hydrogens is 363 g/mol. The third kappa shape index (κ3) is 10.7. The summed E-state index contributed by atoms with van der Waals surface area (Å²) in [6, 6.07) is 5.50. The summed E-state index contributed by atoms with van der Waals surface area (Å²) in [5.41, 5.74) is -0.128. The van der Waals surface area contributed by atoms with Crippen LogP contribution in [0.2, 0.25) is 0 Å². The number of benzene rings is 1. The second-order valence-electron chi connectivity index (χ2n) is 6.29. The Morgan fingerprint density at radius 2 is 1.42 bits per heavy atom. The number of hydrogen-bond donors (Lipinski definition) is 1. The minimum absolute atomic E-state index is 0. The number of ether oxygens (including phenoxy) is 1. The van der Waals surface area contributed by atoms with E-state index in [-0.39, 0.29) is 41.7 Å². The van der Waals surface area contributed by atoms with Crippen molar-refractivity contribution < 1.29 is 22.5 Å². The van der Waals surface area contributed by atoms with Gasteiger partial charge in [0.25, 0.3) is 10.1 Å². The molecule has 1 rings (SSSR count). The molecule has 1 N–H and O–H groups in total. The largest absolute Gasteiger partial charge is 0.462 e. The molecule has 5 nitrogen and oxygen atoms in total. The van der Waals surface area contributed by atoms with Gasteiger partial charge in [-0.25, -0.2) is 4.79 Å². The van der Waals surface area contributed by atoms with Crippen LogP contribution in [-0.4, -0.2) is 55.1 Å². The Hall–Kier alpha value is -0.400. The molecule has 0 atom stereocenters. The van der Waals surface area contributed by atoms with Gasteiger partial charge in [-0.1, -0.05) is 76.8 Å². The number of esters is 1. The molecule has 1 aromatic carbocycles. The minimum Gasteiger partial charge on any atom is -0.462 e. The van der Waals surface area contributed by atoms with Crippen LogP contribution in [0.25, 0.3) is 0 Å². The van der Waals surface area contributed by atoms with E-state index in [2.05, 4.69) is 6.92 Å². The van der Waals surface area contributed by atoms with Crippen LogP contribution in [0.4, 0.5) is 0 Å². The molecule has 1 aromatic rings. The summed E-state index contributed by atoms with van der Waals surface area (Å²) in [5, 5.41) is 0. The summed E-state index contributed by atoms with van der Waals surface area (Å²) in [4.78, 5) is 11.6. The standard InChI is InChI=1S/C19H30O5S.Na/c1-2-3-4-5-6-7-8-9-10-13-16-24-19(20)17-14-11-12-15-18(17)25(21,22)23;/h11-12,14-15H,2-10,13,16H2,1H3,(H,21,22,23);. The summed E-state index contributed by atoms with van der Waals surface area (Å²) in [7, 11) is -4.43. The number of hydrogen-bond acceptors (Lipinski definition) is 4. The van der Waals surface area contributed by atoms with Gasteiger partial charge < -0.3 is 4.74 Å². The van der Waals surface area contributed by atoms with Crippen molar-refractivity contribution in [3.05, 3.63) is 29.8 Å². The second kappa shape index (κ2) is 14.6. The molecule has 0 aliphatic carbocycles. The van der Waals surface area contributed by atoms with Crippen LogP contribution in [0.3, 0.4) is 0 Å². The van der Waals surface area contributed by atoms with E-state index < -0.39 is 21.0 Å². The third-order valence-electron chi connectivity index (χ3n) is 4.12. The van der Waals surface area contributed by atoms with Crippen LogP contribution in [0.15, 0.2) is 29.2 Å². The second-order valence-corrected chi connectivity index (χ2v) is 7.68. The average Bonchev–Trinajstić information content (AvgIpc) is 2.58. The maximum atomic E-state index is 12.0. The predicted octanol–water partition coefficient (Wildman–Crippen LogP) is 4.63. The van der Waals surface area contributed by atoms with E-state index in [4.69, 9.17) is 9.29 Å². The van der Waals surface area contributed by atoms with Crippen LogP contribution >= 0.6 is 0 Å². The van der Waals surface area contributed by atoms with Crippen molar-refractivity contribution in [2.45, 2.75) is 76.0 Å². The number of rotatable bonds is 13. The first-order valence-electron chi connectivity index (χ1n) is 9.20. The van der Waals surface area contributed by atoms with E-state index in [1.807, 2.05) is 0 Å². The van der Waals surface area contributed by atoms with Crippen LogP contribution in [-0.2, 0) is 14.9 Å². The first-order valence-corrected chi connectivity index (χ1v) is 10.6. The molecule has 0 aromatic heterocycles. The molecule has 0 bridgehead atoms. The van der Waals surface area contributed by atoms with E-state index in [0.29, 0.717) is 0 Å². The zero-order valence-corrected chi connectivity index (χ0v) is 18.9. The van der Waals surface area contributed by atoms with Gasteiger partial charge in [-0.05, 0) is 18.6 Å². The Morgan fingerprint density at radius 1 is 0.923 bits per heavy atom. The van der Waals surface area contributed by atoms with E-state index in [9.17, 15) is 13.2 Å². The first-order chi connectivity index (χ1) is 12.0. The molecule has 0 aliphatic heterocycles. The maximum absolute atomic E-state index is 12.0. The first kappa shape index (κ1) is 25.6. The Balaban J connectivity index is 0.00000625. The van der Waals surface area contributed by atoms with Crippen molar-refractivity contribution in [2.24, 2.45) is 0 Å². The fraction of sp³-hybridized carbons (Fsp3) is 0.632. The zero-order valence-electron chi connectivity index (χ0n) is 16.1.